The van der Waals surface area contributed by atoms with Gasteiger partial charge in [-0.15, -0.1) is 0 Å². The van der Waals surface area contributed by atoms with Crippen LogP contribution in [-0.2, 0) is 4.74 Å². The molecule has 1 fully saturated rings. The van der Waals surface area contributed by atoms with E-state index < -0.39 is 0 Å². The summed E-state index contributed by atoms with van der Waals surface area (Å²) in [7, 11) is 6.30. The predicted molar refractivity (Wildman–Crippen MR) is 68.8 cm³/mol. The SMILES string of the molecule is CNC(CN(C)C)C1CC(C)(C)OC1(C)C. The molecule has 2 unspecified atom stereocenters. The van der Waals surface area contributed by atoms with E-state index in [1.807, 2.05) is 0 Å². The molecule has 1 saturated heterocycles. The third-order valence-corrected chi connectivity index (χ3v) is 3.56. The van der Waals surface area contributed by atoms with Gasteiger partial charge in [-0.25, -0.2) is 0 Å². The molecule has 96 valence electrons. The number of hydrogen-bond donors (Lipinski definition) is 1. The van der Waals surface area contributed by atoms with Crippen molar-refractivity contribution < 1.29 is 4.74 Å². The molecule has 2 atom stereocenters. The molecule has 1 aliphatic rings. The van der Waals surface area contributed by atoms with Crippen molar-refractivity contribution in [1.82, 2.24) is 10.2 Å². The fourth-order valence-electron chi connectivity index (χ4n) is 3.04. The van der Waals surface area contributed by atoms with Crippen molar-refractivity contribution in [2.45, 2.75) is 51.4 Å². The maximum Gasteiger partial charge on any atom is 0.0678 e. The summed E-state index contributed by atoms with van der Waals surface area (Å²) in [5.74, 6) is 0.565. The van der Waals surface area contributed by atoms with E-state index in [9.17, 15) is 0 Å². The number of ether oxygens (including phenoxy) is 1. The number of hydrogen-bond acceptors (Lipinski definition) is 3. The molecule has 1 N–H and O–H groups in total. The third-order valence-electron chi connectivity index (χ3n) is 3.56. The lowest BCUT2D eigenvalue weighted by Crippen LogP contribution is -2.48. The number of likely N-dealkylation sites (N-methyl/N-ethyl adjacent to an activating group) is 2. The van der Waals surface area contributed by atoms with Crippen molar-refractivity contribution in [3.05, 3.63) is 0 Å². The van der Waals surface area contributed by atoms with Crippen LogP contribution in [0.1, 0.15) is 34.1 Å². The van der Waals surface area contributed by atoms with Crippen LogP contribution < -0.4 is 5.32 Å². The van der Waals surface area contributed by atoms with Crippen molar-refractivity contribution in [3.8, 4) is 0 Å². The normalized spacial score (nSPS) is 29.6. The first kappa shape index (κ1) is 13.9. The Morgan fingerprint density at radius 1 is 1.31 bits per heavy atom. The first-order valence-electron chi connectivity index (χ1n) is 6.20. The van der Waals surface area contributed by atoms with Crippen LogP contribution in [0.3, 0.4) is 0 Å². The molecule has 1 rings (SSSR count). The summed E-state index contributed by atoms with van der Waals surface area (Å²) in [6, 6.07) is 0.492. The van der Waals surface area contributed by atoms with Crippen LogP contribution in [0.5, 0.6) is 0 Å². The highest BCUT2D eigenvalue weighted by atomic mass is 16.5. The van der Waals surface area contributed by atoms with Gasteiger partial charge in [0.25, 0.3) is 0 Å². The van der Waals surface area contributed by atoms with Crippen molar-refractivity contribution in [2.75, 3.05) is 27.7 Å². The molecule has 0 aromatic carbocycles. The molecule has 0 amide bonds. The Bertz CT molecular complexity index is 236. The zero-order valence-electron chi connectivity index (χ0n) is 11.9. The first-order valence-corrected chi connectivity index (χ1v) is 6.20. The van der Waals surface area contributed by atoms with E-state index in [0.29, 0.717) is 12.0 Å². The minimum Gasteiger partial charge on any atom is -0.369 e. The highest BCUT2D eigenvalue weighted by Gasteiger charge is 2.48. The van der Waals surface area contributed by atoms with E-state index in [4.69, 9.17) is 4.74 Å². The van der Waals surface area contributed by atoms with Crippen LogP contribution in [0, 0.1) is 5.92 Å². The Morgan fingerprint density at radius 3 is 2.19 bits per heavy atom. The molecule has 1 aliphatic heterocycles. The number of nitrogens with one attached hydrogen (secondary N) is 1. The smallest absolute Gasteiger partial charge is 0.0678 e. The summed E-state index contributed by atoms with van der Waals surface area (Å²) in [4.78, 5) is 2.24. The lowest BCUT2D eigenvalue weighted by molar-refractivity contribution is -0.0780. The molecule has 0 aromatic heterocycles. The minimum absolute atomic E-state index is 0.00950. The van der Waals surface area contributed by atoms with Gasteiger partial charge < -0.3 is 15.0 Å². The highest BCUT2D eigenvalue weighted by molar-refractivity contribution is 4.99. The topological polar surface area (TPSA) is 24.5 Å². The van der Waals surface area contributed by atoms with Crippen molar-refractivity contribution in [1.29, 1.82) is 0 Å². The molecule has 0 radical (unpaired) electrons. The standard InChI is InChI=1S/C13H28N2O/c1-12(2)8-10(13(3,4)16-12)11(14-5)9-15(6)7/h10-11,14H,8-9H2,1-7H3. The minimum atomic E-state index is -0.0345. The summed E-state index contributed by atoms with van der Waals surface area (Å²) in [5, 5.41) is 3.45. The Kier molecular flexibility index (Phi) is 4.04. The molecule has 0 aliphatic carbocycles. The largest absolute Gasteiger partial charge is 0.369 e. The van der Waals surface area contributed by atoms with Gasteiger partial charge in [-0.1, -0.05) is 0 Å². The maximum absolute atomic E-state index is 6.15. The zero-order valence-corrected chi connectivity index (χ0v) is 11.9. The Labute approximate surface area is 101 Å². The van der Waals surface area contributed by atoms with E-state index in [1.54, 1.807) is 0 Å². The molecule has 0 aromatic rings. The van der Waals surface area contributed by atoms with Gasteiger partial charge in [-0.3, -0.25) is 0 Å². The lowest BCUT2D eigenvalue weighted by atomic mass is 9.81. The van der Waals surface area contributed by atoms with E-state index in [2.05, 4.69) is 59.1 Å². The number of nitrogens with zero attached hydrogens (tertiary/aromatic N) is 1. The molecule has 0 saturated carbocycles. The van der Waals surface area contributed by atoms with E-state index in [1.165, 1.54) is 0 Å². The van der Waals surface area contributed by atoms with Crippen LogP contribution in [0.25, 0.3) is 0 Å². The second-order valence-electron chi connectivity index (χ2n) is 6.43. The van der Waals surface area contributed by atoms with E-state index in [0.717, 1.165) is 13.0 Å². The Morgan fingerprint density at radius 2 is 1.88 bits per heavy atom. The van der Waals surface area contributed by atoms with Gasteiger partial charge in [0.15, 0.2) is 0 Å². The average molecular weight is 228 g/mol. The number of rotatable bonds is 4. The van der Waals surface area contributed by atoms with E-state index >= 15 is 0 Å². The zero-order chi connectivity index (χ0) is 12.6. The maximum atomic E-state index is 6.15. The first-order chi connectivity index (χ1) is 7.18. The molecule has 16 heavy (non-hydrogen) atoms. The monoisotopic (exact) mass is 228 g/mol. The molecule has 3 heteroatoms. The van der Waals surface area contributed by atoms with Gasteiger partial charge in [0.2, 0.25) is 0 Å². The fraction of sp³-hybridized carbons (Fsp3) is 1.00. The van der Waals surface area contributed by atoms with Crippen LogP contribution in [-0.4, -0.2) is 49.8 Å². The molecule has 0 spiro atoms. The van der Waals surface area contributed by atoms with Gasteiger partial charge >= 0.3 is 0 Å². The average Bonchev–Trinajstić information content (AvgIpc) is 2.29. The summed E-state index contributed by atoms with van der Waals surface area (Å²) in [5.41, 5.74) is -0.0250. The van der Waals surface area contributed by atoms with Crippen molar-refractivity contribution in [2.24, 2.45) is 5.92 Å². The Balaban J connectivity index is 2.77. The summed E-state index contributed by atoms with van der Waals surface area (Å²) in [6.07, 6.45) is 1.12. The van der Waals surface area contributed by atoms with Gasteiger partial charge in [-0.05, 0) is 55.3 Å². The Hall–Kier alpha value is -0.120. The lowest BCUT2D eigenvalue weighted by Gasteiger charge is -2.34. The van der Waals surface area contributed by atoms with Gasteiger partial charge in [0, 0.05) is 18.5 Å². The van der Waals surface area contributed by atoms with Gasteiger partial charge in [0.1, 0.15) is 0 Å². The third kappa shape index (κ3) is 3.19. The van der Waals surface area contributed by atoms with Crippen molar-refractivity contribution in [3.63, 3.8) is 0 Å². The summed E-state index contributed by atoms with van der Waals surface area (Å²) < 4.78 is 6.15. The molecular weight excluding hydrogens is 200 g/mol. The van der Waals surface area contributed by atoms with Gasteiger partial charge in [0.05, 0.1) is 11.2 Å². The molecule has 0 bridgehead atoms. The van der Waals surface area contributed by atoms with Crippen LogP contribution in [0.2, 0.25) is 0 Å². The molecule has 1 heterocycles. The van der Waals surface area contributed by atoms with Crippen molar-refractivity contribution >= 4 is 0 Å². The second-order valence-corrected chi connectivity index (χ2v) is 6.43. The summed E-state index contributed by atoms with van der Waals surface area (Å²) >= 11 is 0. The van der Waals surface area contributed by atoms with Crippen LogP contribution in [0.4, 0.5) is 0 Å². The van der Waals surface area contributed by atoms with Crippen LogP contribution >= 0.6 is 0 Å². The highest BCUT2D eigenvalue weighted by Crippen LogP contribution is 2.43. The predicted octanol–water partition coefficient (Wildman–Crippen LogP) is 1.73. The summed E-state index contributed by atoms with van der Waals surface area (Å²) in [6.45, 7) is 9.87. The second kappa shape index (κ2) is 4.63. The fourth-order valence-corrected chi connectivity index (χ4v) is 3.04. The van der Waals surface area contributed by atoms with E-state index in [-0.39, 0.29) is 11.2 Å². The molecular formula is C13H28N2O. The van der Waals surface area contributed by atoms with Crippen LogP contribution in [0.15, 0.2) is 0 Å². The quantitative estimate of drug-likeness (QED) is 0.793. The molecule has 3 nitrogen and oxygen atoms in total. The van der Waals surface area contributed by atoms with Gasteiger partial charge in [-0.2, -0.15) is 0 Å².